The molecule has 34 heavy (non-hydrogen) atoms. The third-order valence-corrected chi connectivity index (χ3v) is 6.86. The van der Waals surface area contributed by atoms with Crippen molar-refractivity contribution in [1.29, 1.82) is 0 Å². The third kappa shape index (κ3) is 3.15. The summed E-state index contributed by atoms with van der Waals surface area (Å²) in [4.78, 5) is 18.2. The number of nitrogens with one attached hydrogen (secondary N) is 1. The van der Waals surface area contributed by atoms with Gasteiger partial charge in [-0.15, -0.1) is 0 Å². The molecule has 4 aromatic rings. The average molecular weight is 453 g/mol. The van der Waals surface area contributed by atoms with Crippen molar-refractivity contribution < 1.29 is 14.3 Å². The molecule has 7 nitrogen and oxygen atoms in total. The van der Waals surface area contributed by atoms with E-state index in [0.717, 1.165) is 44.7 Å². The Bertz CT molecular complexity index is 1450. The number of nitrogens with zero attached hydrogens (tertiary/aromatic N) is 3. The maximum absolute atomic E-state index is 13.8. The second kappa shape index (κ2) is 8.02. The Hall–Kier alpha value is -4.13. The Morgan fingerprint density at radius 1 is 0.971 bits per heavy atom. The van der Waals surface area contributed by atoms with Gasteiger partial charge in [0.25, 0.3) is 0 Å². The van der Waals surface area contributed by atoms with Crippen molar-refractivity contribution in [2.24, 2.45) is 0 Å². The van der Waals surface area contributed by atoms with Gasteiger partial charge < -0.3 is 14.8 Å². The number of aromatic nitrogens is 3. The second-order valence-corrected chi connectivity index (χ2v) is 8.65. The average Bonchev–Trinajstić information content (AvgIpc) is 3.35. The topological polar surface area (TPSA) is 78.3 Å². The third-order valence-electron chi connectivity index (χ3n) is 6.86. The quantitative estimate of drug-likeness (QED) is 0.476. The number of carbonyl (C=O) groups excluding carboxylic acids is 1. The molecule has 0 radical (unpaired) electrons. The highest BCUT2D eigenvalue weighted by molar-refractivity contribution is 6.01. The van der Waals surface area contributed by atoms with Crippen molar-refractivity contribution in [2.45, 2.75) is 24.8 Å². The molecule has 0 spiro atoms. The van der Waals surface area contributed by atoms with Crippen LogP contribution in [0.15, 0.2) is 78.3 Å². The summed E-state index contributed by atoms with van der Waals surface area (Å²) in [7, 11) is 3.27. The molecule has 1 aliphatic heterocycles. The van der Waals surface area contributed by atoms with E-state index in [1.807, 2.05) is 41.1 Å². The molecular formula is C27H24N4O3. The normalized spacial score (nSPS) is 19.4. The lowest BCUT2D eigenvalue weighted by atomic mass is 9.77. The van der Waals surface area contributed by atoms with E-state index in [0.29, 0.717) is 18.8 Å². The van der Waals surface area contributed by atoms with Gasteiger partial charge in [0.2, 0.25) is 5.95 Å². The van der Waals surface area contributed by atoms with Crippen molar-refractivity contribution >= 4 is 22.5 Å². The second-order valence-electron chi connectivity index (χ2n) is 8.65. The van der Waals surface area contributed by atoms with E-state index in [-0.39, 0.29) is 17.7 Å². The van der Waals surface area contributed by atoms with Gasteiger partial charge in [0.1, 0.15) is 23.9 Å². The van der Waals surface area contributed by atoms with E-state index in [9.17, 15) is 4.79 Å². The Morgan fingerprint density at radius 2 is 1.82 bits per heavy atom. The van der Waals surface area contributed by atoms with Gasteiger partial charge >= 0.3 is 0 Å². The SMILES string of the molecule is COc1ccc([C@H]2CC(=O)C3=C(C2)Nc2ncnn2[C@H]3c2cccc3ccccc23)c(OC)c1. The first-order valence-corrected chi connectivity index (χ1v) is 11.3. The monoisotopic (exact) mass is 452 g/mol. The lowest BCUT2D eigenvalue weighted by Gasteiger charge is -2.35. The van der Waals surface area contributed by atoms with Crippen LogP contribution in [0.4, 0.5) is 5.95 Å². The van der Waals surface area contributed by atoms with Crippen molar-refractivity contribution in [3.05, 3.63) is 89.4 Å². The van der Waals surface area contributed by atoms with Crippen LogP contribution < -0.4 is 14.8 Å². The molecular weight excluding hydrogens is 428 g/mol. The molecule has 2 heterocycles. The summed E-state index contributed by atoms with van der Waals surface area (Å²) >= 11 is 0. The summed E-state index contributed by atoms with van der Waals surface area (Å²) in [5.74, 6) is 2.19. The predicted octanol–water partition coefficient (Wildman–Crippen LogP) is 4.86. The zero-order valence-corrected chi connectivity index (χ0v) is 19.0. The van der Waals surface area contributed by atoms with Gasteiger partial charge in [-0.2, -0.15) is 10.1 Å². The summed E-state index contributed by atoms with van der Waals surface area (Å²) in [6.45, 7) is 0. The molecule has 0 saturated carbocycles. The molecule has 0 fully saturated rings. The van der Waals surface area contributed by atoms with Gasteiger partial charge in [-0.05, 0) is 34.4 Å². The number of anilines is 1. The van der Waals surface area contributed by atoms with Crippen LogP contribution in [0.1, 0.15) is 35.9 Å². The zero-order valence-electron chi connectivity index (χ0n) is 19.0. The van der Waals surface area contributed by atoms with Crippen molar-refractivity contribution in [3.8, 4) is 11.5 Å². The zero-order chi connectivity index (χ0) is 23.2. The highest BCUT2D eigenvalue weighted by atomic mass is 16.5. The summed E-state index contributed by atoms with van der Waals surface area (Å²) < 4.78 is 12.8. The number of carbonyl (C=O) groups is 1. The minimum atomic E-state index is -0.328. The van der Waals surface area contributed by atoms with Gasteiger partial charge in [0.05, 0.1) is 14.2 Å². The molecule has 0 amide bonds. The summed E-state index contributed by atoms with van der Waals surface area (Å²) in [5, 5.41) is 10.1. The first-order chi connectivity index (χ1) is 16.7. The molecule has 170 valence electrons. The highest BCUT2D eigenvalue weighted by Gasteiger charge is 2.40. The number of benzene rings is 3. The first kappa shape index (κ1) is 20.5. The number of ketones is 1. The maximum atomic E-state index is 13.8. The molecule has 0 unspecified atom stereocenters. The number of fused-ring (bicyclic) bond motifs is 2. The van der Waals surface area contributed by atoms with Gasteiger partial charge in [-0.25, -0.2) is 4.68 Å². The lowest BCUT2D eigenvalue weighted by molar-refractivity contribution is -0.116. The van der Waals surface area contributed by atoms with E-state index in [1.54, 1.807) is 14.2 Å². The summed E-state index contributed by atoms with van der Waals surface area (Å²) in [5.41, 5.74) is 3.71. The van der Waals surface area contributed by atoms with E-state index in [2.05, 4.69) is 39.7 Å². The standard InChI is InChI=1S/C27H24N4O3/c1-33-18-10-11-20(24(14-18)34-2)17-12-22-25(23(32)13-17)26(31-27(30-22)28-15-29-31)21-9-5-7-16-6-3-4-8-19(16)21/h3-11,14-15,17,26H,12-13H2,1-2H3,(H,28,29,30)/t17-,26+/m1/s1. The molecule has 1 aromatic heterocycles. The van der Waals surface area contributed by atoms with Crippen molar-refractivity contribution in [2.75, 3.05) is 19.5 Å². The van der Waals surface area contributed by atoms with Crippen molar-refractivity contribution in [1.82, 2.24) is 14.8 Å². The maximum Gasteiger partial charge on any atom is 0.226 e. The smallest absolute Gasteiger partial charge is 0.226 e. The van der Waals surface area contributed by atoms with Crippen molar-refractivity contribution in [3.63, 3.8) is 0 Å². The van der Waals surface area contributed by atoms with Gasteiger partial charge in [0, 0.05) is 29.7 Å². The van der Waals surface area contributed by atoms with Crippen LogP contribution in [0, 0.1) is 0 Å². The highest BCUT2D eigenvalue weighted by Crippen LogP contribution is 2.46. The van der Waals surface area contributed by atoms with Gasteiger partial charge in [0.15, 0.2) is 5.78 Å². The summed E-state index contributed by atoms with van der Waals surface area (Å²) in [6, 6.07) is 19.9. The van der Waals surface area contributed by atoms with Crippen LogP contribution in [0.3, 0.4) is 0 Å². The minimum Gasteiger partial charge on any atom is -0.497 e. The largest absolute Gasteiger partial charge is 0.497 e. The van der Waals surface area contributed by atoms with Crippen LogP contribution >= 0.6 is 0 Å². The Balaban J connectivity index is 1.48. The number of methoxy groups -OCH3 is 2. The molecule has 0 saturated heterocycles. The molecule has 1 N–H and O–H groups in total. The predicted molar refractivity (Wildman–Crippen MR) is 129 cm³/mol. The Kier molecular flexibility index (Phi) is 4.83. The van der Waals surface area contributed by atoms with Crippen LogP contribution in [-0.4, -0.2) is 34.8 Å². The number of rotatable bonds is 4. The molecule has 2 atom stereocenters. The van der Waals surface area contributed by atoms with Crippen LogP contribution in [-0.2, 0) is 4.79 Å². The molecule has 1 aliphatic carbocycles. The van der Waals surface area contributed by atoms with E-state index >= 15 is 0 Å². The minimum absolute atomic E-state index is 0.0118. The van der Waals surface area contributed by atoms with Gasteiger partial charge in [-0.1, -0.05) is 48.5 Å². The van der Waals surface area contributed by atoms with Crippen LogP contribution in [0.2, 0.25) is 0 Å². The number of allylic oxidation sites excluding steroid dienone is 2. The first-order valence-electron chi connectivity index (χ1n) is 11.3. The fourth-order valence-electron chi connectivity index (χ4n) is 5.30. The Labute approximate surface area is 197 Å². The fraction of sp³-hybridized carbons (Fsp3) is 0.222. The number of Topliss-reactive ketones (excluding diaryl/α,β-unsaturated/α-hetero) is 1. The van der Waals surface area contributed by atoms with Crippen LogP contribution in [0.25, 0.3) is 10.8 Å². The van der Waals surface area contributed by atoms with E-state index < -0.39 is 0 Å². The molecule has 6 rings (SSSR count). The van der Waals surface area contributed by atoms with E-state index in [4.69, 9.17) is 9.47 Å². The molecule has 0 bridgehead atoms. The Morgan fingerprint density at radius 3 is 2.68 bits per heavy atom. The molecule has 7 heteroatoms. The fourth-order valence-corrected chi connectivity index (χ4v) is 5.30. The molecule has 3 aromatic carbocycles. The van der Waals surface area contributed by atoms with Crippen LogP contribution in [0.5, 0.6) is 11.5 Å². The molecule has 2 aliphatic rings. The lowest BCUT2D eigenvalue weighted by Crippen LogP contribution is -2.33. The number of hydrogen-bond acceptors (Lipinski definition) is 6. The summed E-state index contributed by atoms with van der Waals surface area (Å²) in [6.07, 6.45) is 2.61. The van der Waals surface area contributed by atoms with E-state index in [1.165, 1.54) is 6.33 Å². The number of hydrogen-bond donors (Lipinski definition) is 1. The number of ether oxygens (including phenoxy) is 2. The van der Waals surface area contributed by atoms with Gasteiger partial charge in [-0.3, -0.25) is 4.79 Å².